The van der Waals surface area contributed by atoms with E-state index >= 15 is 0 Å². The van der Waals surface area contributed by atoms with Gasteiger partial charge in [0.15, 0.2) is 0 Å². The minimum absolute atomic E-state index is 0.00330. The summed E-state index contributed by atoms with van der Waals surface area (Å²) in [6.07, 6.45) is 1.13. The molecule has 0 atom stereocenters. The largest absolute Gasteiger partial charge is 0.497 e. The van der Waals surface area contributed by atoms with Crippen molar-refractivity contribution < 1.29 is 14.6 Å². The van der Waals surface area contributed by atoms with Gasteiger partial charge in [-0.15, -0.1) is 0 Å². The number of benzene rings is 2. The fourth-order valence-electron chi connectivity index (χ4n) is 2.22. The van der Waals surface area contributed by atoms with Gasteiger partial charge in [-0.25, -0.2) is 0 Å². The molecule has 2 rings (SSSR count). The number of carbonyl (C=O) groups excluding carboxylic acids is 1. The molecule has 0 aromatic heterocycles. The molecule has 116 valence electrons. The Bertz CT molecular complexity index is 608. The SMILES string of the molecule is COc1ccc(CCC(=O)NCc2ccccc2CO)cc1. The first-order valence-electron chi connectivity index (χ1n) is 7.30. The van der Waals surface area contributed by atoms with Gasteiger partial charge in [-0.2, -0.15) is 0 Å². The van der Waals surface area contributed by atoms with E-state index < -0.39 is 0 Å². The fourth-order valence-corrected chi connectivity index (χ4v) is 2.22. The van der Waals surface area contributed by atoms with Crippen LogP contribution in [-0.2, 0) is 24.4 Å². The van der Waals surface area contributed by atoms with Gasteiger partial charge >= 0.3 is 0 Å². The number of hydrogen-bond donors (Lipinski definition) is 2. The number of methoxy groups -OCH3 is 1. The van der Waals surface area contributed by atoms with Crippen LogP contribution in [0.15, 0.2) is 48.5 Å². The maximum Gasteiger partial charge on any atom is 0.220 e. The summed E-state index contributed by atoms with van der Waals surface area (Å²) in [6.45, 7) is 0.427. The van der Waals surface area contributed by atoms with E-state index in [4.69, 9.17) is 4.74 Å². The molecular weight excluding hydrogens is 278 g/mol. The minimum Gasteiger partial charge on any atom is -0.497 e. The standard InChI is InChI=1S/C18H21NO3/c1-22-17-9-6-14(7-10-17)8-11-18(21)19-12-15-4-2-3-5-16(15)13-20/h2-7,9-10,20H,8,11-13H2,1H3,(H,19,21). The van der Waals surface area contributed by atoms with E-state index in [2.05, 4.69) is 5.32 Å². The summed E-state index contributed by atoms with van der Waals surface area (Å²) in [6, 6.07) is 15.3. The molecule has 0 saturated heterocycles. The number of nitrogens with one attached hydrogen (secondary N) is 1. The van der Waals surface area contributed by atoms with Gasteiger partial charge in [-0.05, 0) is 35.2 Å². The second-order valence-electron chi connectivity index (χ2n) is 5.05. The summed E-state index contributed by atoms with van der Waals surface area (Å²) < 4.78 is 5.10. The third-order valence-corrected chi connectivity index (χ3v) is 3.56. The maximum atomic E-state index is 11.9. The van der Waals surface area contributed by atoms with Crippen LogP contribution in [-0.4, -0.2) is 18.1 Å². The lowest BCUT2D eigenvalue weighted by molar-refractivity contribution is -0.121. The van der Waals surface area contributed by atoms with Crippen molar-refractivity contribution in [3.63, 3.8) is 0 Å². The van der Waals surface area contributed by atoms with Crippen molar-refractivity contribution in [2.75, 3.05) is 7.11 Å². The zero-order valence-corrected chi connectivity index (χ0v) is 12.7. The molecule has 0 spiro atoms. The number of aryl methyl sites for hydroxylation is 1. The molecule has 0 heterocycles. The second kappa shape index (κ2) is 8.20. The Labute approximate surface area is 130 Å². The zero-order chi connectivity index (χ0) is 15.8. The lowest BCUT2D eigenvalue weighted by atomic mass is 10.1. The first kappa shape index (κ1) is 16.0. The highest BCUT2D eigenvalue weighted by atomic mass is 16.5. The molecule has 1 amide bonds. The highest BCUT2D eigenvalue weighted by molar-refractivity contribution is 5.76. The molecule has 2 aromatic rings. The van der Waals surface area contributed by atoms with E-state index in [0.717, 1.165) is 22.4 Å². The lowest BCUT2D eigenvalue weighted by Crippen LogP contribution is -2.23. The topological polar surface area (TPSA) is 58.6 Å². The number of ether oxygens (including phenoxy) is 1. The molecule has 22 heavy (non-hydrogen) atoms. The van der Waals surface area contributed by atoms with Crippen LogP contribution in [0, 0.1) is 0 Å². The summed E-state index contributed by atoms with van der Waals surface area (Å²) in [4.78, 5) is 11.9. The Morgan fingerprint density at radius 2 is 1.77 bits per heavy atom. The first-order chi connectivity index (χ1) is 10.7. The molecule has 0 saturated carbocycles. The van der Waals surface area contributed by atoms with Crippen molar-refractivity contribution in [3.8, 4) is 5.75 Å². The van der Waals surface area contributed by atoms with Crippen LogP contribution < -0.4 is 10.1 Å². The van der Waals surface area contributed by atoms with Gasteiger partial charge in [0.25, 0.3) is 0 Å². The molecule has 4 heteroatoms. The Morgan fingerprint density at radius 1 is 1.09 bits per heavy atom. The third-order valence-electron chi connectivity index (χ3n) is 3.56. The molecule has 0 aliphatic carbocycles. The first-order valence-corrected chi connectivity index (χ1v) is 7.30. The minimum atomic E-state index is -0.0160. The van der Waals surface area contributed by atoms with E-state index in [9.17, 15) is 9.90 Å². The van der Waals surface area contributed by atoms with Gasteiger partial charge in [0.2, 0.25) is 5.91 Å². The highest BCUT2D eigenvalue weighted by Crippen LogP contribution is 2.13. The predicted octanol–water partition coefficient (Wildman–Crippen LogP) is 2.44. The molecule has 0 bridgehead atoms. The van der Waals surface area contributed by atoms with Crippen molar-refractivity contribution in [1.29, 1.82) is 0 Å². The second-order valence-corrected chi connectivity index (χ2v) is 5.05. The highest BCUT2D eigenvalue weighted by Gasteiger charge is 2.05. The smallest absolute Gasteiger partial charge is 0.220 e. The van der Waals surface area contributed by atoms with Crippen LogP contribution in [0.25, 0.3) is 0 Å². The molecule has 2 aromatic carbocycles. The van der Waals surface area contributed by atoms with Gasteiger partial charge in [0.1, 0.15) is 5.75 Å². The van der Waals surface area contributed by atoms with Crippen LogP contribution in [0.5, 0.6) is 5.75 Å². The number of amides is 1. The molecule has 0 aliphatic rings. The van der Waals surface area contributed by atoms with E-state index in [1.807, 2.05) is 48.5 Å². The van der Waals surface area contributed by atoms with Crippen molar-refractivity contribution in [2.24, 2.45) is 0 Å². The summed E-state index contributed by atoms with van der Waals surface area (Å²) in [5.41, 5.74) is 2.90. The zero-order valence-electron chi connectivity index (χ0n) is 12.7. The quantitative estimate of drug-likeness (QED) is 0.825. The van der Waals surface area contributed by atoms with Crippen molar-refractivity contribution in [1.82, 2.24) is 5.32 Å². The molecule has 0 aliphatic heterocycles. The average molecular weight is 299 g/mol. The van der Waals surface area contributed by atoms with Crippen LogP contribution >= 0.6 is 0 Å². The van der Waals surface area contributed by atoms with Crippen molar-refractivity contribution in [2.45, 2.75) is 26.0 Å². The summed E-state index contributed by atoms with van der Waals surface area (Å²) >= 11 is 0. The third kappa shape index (κ3) is 4.60. The van der Waals surface area contributed by atoms with Crippen molar-refractivity contribution >= 4 is 5.91 Å². The lowest BCUT2D eigenvalue weighted by Gasteiger charge is -2.09. The summed E-state index contributed by atoms with van der Waals surface area (Å²) in [5.74, 6) is 0.817. The van der Waals surface area contributed by atoms with Crippen LogP contribution in [0.3, 0.4) is 0 Å². The molecule has 0 radical (unpaired) electrons. The van der Waals surface area contributed by atoms with Crippen molar-refractivity contribution in [3.05, 3.63) is 65.2 Å². The number of aliphatic hydroxyl groups is 1. The van der Waals surface area contributed by atoms with Crippen LogP contribution in [0.2, 0.25) is 0 Å². The normalized spacial score (nSPS) is 10.3. The van der Waals surface area contributed by atoms with Gasteiger partial charge in [-0.3, -0.25) is 4.79 Å². The fraction of sp³-hybridized carbons (Fsp3) is 0.278. The van der Waals surface area contributed by atoms with Gasteiger partial charge < -0.3 is 15.2 Å². The molecular formula is C18H21NO3. The van der Waals surface area contributed by atoms with Gasteiger partial charge in [-0.1, -0.05) is 36.4 Å². The monoisotopic (exact) mass is 299 g/mol. The van der Waals surface area contributed by atoms with E-state index in [-0.39, 0.29) is 12.5 Å². The summed E-state index contributed by atoms with van der Waals surface area (Å²) in [7, 11) is 1.63. The van der Waals surface area contributed by atoms with Crippen LogP contribution in [0.4, 0.5) is 0 Å². The average Bonchev–Trinajstić information content (AvgIpc) is 2.58. The Morgan fingerprint density at radius 3 is 2.41 bits per heavy atom. The molecule has 2 N–H and O–H groups in total. The van der Waals surface area contributed by atoms with Crippen LogP contribution in [0.1, 0.15) is 23.1 Å². The molecule has 0 fully saturated rings. The number of carbonyl (C=O) groups is 1. The van der Waals surface area contributed by atoms with Gasteiger partial charge in [0.05, 0.1) is 13.7 Å². The molecule has 0 unspecified atom stereocenters. The number of rotatable bonds is 7. The number of aliphatic hydroxyl groups excluding tert-OH is 1. The number of hydrogen-bond acceptors (Lipinski definition) is 3. The van der Waals surface area contributed by atoms with E-state index in [1.54, 1.807) is 7.11 Å². The summed E-state index contributed by atoms with van der Waals surface area (Å²) in [5, 5.41) is 12.1. The maximum absolute atomic E-state index is 11.9. The Hall–Kier alpha value is -2.33. The van der Waals surface area contributed by atoms with Gasteiger partial charge in [0, 0.05) is 13.0 Å². The van der Waals surface area contributed by atoms with E-state index in [1.165, 1.54) is 0 Å². The Kier molecular flexibility index (Phi) is 5.98. The molecule has 4 nitrogen and oxygen atoms in total. The van der Waals surface area contributed by atoms with E-state index in [0.29, 0.717) is 19.4 Å². The predicted molar refractivity (Wildman–Crippen MR) is 85.5 cm³/mol. The Balaban J connectivity index is 1.80.